The van der Waals surface area contributed by atoms with E-state index in [1.165, 1.54) is 0 Å². The van der Waals surface area contributed by atoms with Crippen LogP contribution in [0, 0.1) is 5.82 Å². The zero-order valence-electron chi connectivity index (χ0n) is 9.33. The molecule has 2 nitrogen and oxygen atoms in total. The normalized spacial score (nSPS) is 20.8. The Labute approximate surface area is 99.6 Å². The highest BCUT2D eigenvalue weighted by molar-refractivity contribution is 7.99. The van der Waals surface area contributed by atoms with Gasteiger partial charge in [0.1, 0.15) is 0 Å². The van der Waals surface area contributed by atoms with E-state index in [1.54, 1.807) is 12.1 Å². The molecule has 88 valence electrons. The molecule has 1 N–H and O–H groups in total. The number of hydrogen-bond acceptors (Lipinski definition) is 3. The first-order valence-corrected chi connectivity index (χ1v) is 6.70. The molecule has 0 radical (unpaired) electrons. The summed E-state index contributed by atoms with van der Waals surface area (Å²) in [6.07, 6.45) is 0. The molecule has 0 aliphatic carbocycles. The zero-order chi connectivity index (χ0) is 11.4. The lowest BCUT2D eigenvalue weighted by atomic mass is 10.1. The fraction of sp³-hybridized carbons (Fsp3) is 0.500. The molecule has 1 aromatic rings. The number of nitrogens with one attached hydrogen (secondary N) is 1. The van der Waals surface area contributed by atoms with Crippen LogP contribution in [0.15, 0.2) is 18.2 Å². The summed E-state index contributed by atoms with van der Waals surface area (Å²) < 4.78 is 18.8. The summed E-state index contributed by atoms with van der Waals surface area (Å²) in [5.41, 5.74) is 1.01. The molecule has 1 atom stereocenters. The maximum Gasteiger partial charge on any atom is 0.165 e. The van der Waals surface area contributed by atoms with Crippen LogP contribution < -0.4 is 10.1 Å². The third-order valence-electron chi connectivity index (χ3n) is 2.58. The molecular weight excluding hydrogens is 225 g/mol. The van der Waals surface area contributed by atoms with Crippen LogP contribution in [-0.4, -0.2) is 24.7 Å². The van der Waals surface area contributed by atoms with Crippen molar-refractivity contribution in [2.45, 2.75) is 13.0 Å². The highest BCUT2D eigenvalue weighted by Crippen LogP contribution is 2.26. The minimum atomic E-state index is -0.267. The van der Waals surface area contributed by atoms with E-state index in [0.29, 0.717) is 12.4 Å². The lowest BCUT2D eigenvalue weighted by Crippen LogP contribution is -2.30. The molecule has 16 heavy (non-hydrogen) atoms. The van der Waals surface area contributed by atoms with Gasteiger partial charge in [0.25, 0.3) is 0 Å². The standard InChI is InChI=1S/C12H16FNOS/c1-2-15-12-4-3-9(7-10(12)13)11-8-16-6-5-14-11/h3-4,7,11,14H,2,5-6,8H2,1H3. The van der Waals surface area contributed by atoms with Gasteiger partial charge in [-0.1, -0.05) is 6.07 Å². The Bertz CT molecular complexity index is 353. The Kier molecular flexibility index (Phi) is 4.07. The summed E-state index contributed by atoms with van der Waals surface area (Å²) in [5, 5.41) is 3.39. The van der Waals surface area contributed by atoms with E-state index in [9.17, 15) is 4.39 Å². The van der Waals surface area contributed by atoms with Gasteiger partial charge in [0.2, 0.25) is 0 Å². The van der Waals surface area contributed by atoms with Gasteiger partial charge in [-0.05, 0) is 24.6 Å². The second kappa shape index (κ2) is 5.55. The number of hydrogen-bond donors (Lipinski definition) is 1. The lowest BCUT2D eigenvalue weighted by Gasteiger charge is -2.23. The molecule has 1 aliphatic rings. The summed E-state index contributed by atoms with van der Waals surface area (Å²) in [4.78, 5) is 0. The summed E-state index contributed by atoms with van der Waals surface area (Å²) in [7, 11) is 0. The van der Waals surface area contributed by atoms with E-state index in [1.807, 2.05) is 24.8 Å². The van der Waals surface area contributed by atoms with E-state index in [0.717, 1.165) is 23.6 Å². The number of rotatable bonds is 3. The predicted octanol–water partition coefficient (Wildman–Crippen LogP) is 2.60. The number of thioether (sulfide) groups is 1. The average molecular weight is 241 g/mol. The van der Waals surface area contributed by atoms with Gasteiger partial charge in [-0.2, -0.15) is 11.8 Å². The van der Waals surface area contributed by atoms with Crippen molar-refractivity contribution in [1.82, 2.24) is 5.32 Å². The van der Waals surface area contributed by atoms with Crippen molar-refractivity contribution in [3.8, 4) is 5.75 Å². The van der Waals surface area contributed by atoms with Crippen molar-refractivity contribution in [3.63, 3.8) is 0 Å². The summed E-state index contributed by atoms with van der Waals surface area (Å²) in [5.74, 6) is 2.22. The molecule has 1 aromatic carbocycles. The Hall–Kier alpha value is -0.740. The maximum atomic E-state index is 13.6. The van der Waals surface area contributed by atoms with Gasteiger partial charge in [-0.15, -0.1) is 0 Å². The molecule has 1 heterocycles. The van der Waals surface area contributed by atoms with Gasteiger partial charge in [-0.3, -0.25) is 0 Å². The molecule has 0 aromatic heterocycles. The quantitative estimate of drug-likeness (QED) is 0.879. The monoisotopic (exact) mass is 241 g/mol. The molecule has 0 bridgehead atoms. The van der Waals surface area contributed by atoms with E-state index in [4.69, 9.17) is 4.74 Å². The van der Waals surface area contributed by atoms with E-state index in [-0.39, 0.29) is 11.9 Å². The minimum Gasteiger partial charge on any atom is -0.491 e. The van der Waals surface area contributed by atoms with E-state index < -0.39 is 0 Å². The van der Waals surface area contributed by atoms with Crippen molar-refractivity contribution < 1.29 is 9.13 Å². The van der Waals surface area contributed by atoms with Crippen molar-refractivity contribution in [3.05, 3.63) is 29.6 Å². The minimum absolute atomic E-state index is 0.267. The van der Waals surface area contributed by atoms with Crippen molar-refractivity contribution in [1.29, 1.82) is 0 Å². The highest BCUT2D eigenvalue weighted by atomic mass is 32.2. The highest BCUT2D eigenvalue weighted by Gasteiger charge is 2.16. The molecule has 2 rings (SSSR count). The molecule has 1 aliphatic heterocycles. The Morgan fingerprint density at radius 3 is 3.06 bits per heavy atom. The SMILES string of the molecule is CCOc1ccc(C2CSCCN2)cc1F. The van der Waals surface area contributed by atoms with Crippen molar-refractivity contribution in [2.24, 2.45) is 0 Å². The first-order valence-electron chi connectivity index (χ1n) is 5.54. The molecule has 4 heteroatoms. The molecule has 0 spiro atoms. The zero-order valence-corrected chi connectivity index (χ0v) is 10.1. The molecule has 1 saturated heterocycles. The van der Waals surface area contributed by atoms with Crippen molar-refractivity contribution >= 4 is 11.8 Å². The van der Waals surface area contributed by atoms with Gasteiger partial charge >= 0.3 is 0 Å². The van der Waals surface area contributed by atoms with Crippen LogP contribution in [0.1, 0.15) is 18.5 Å². The van der Waals surface area contributed by atoms with E-state index in [2.05, 4.69) is 5.32 Å². The Morgan fingerprint density at radius 1 is 1.56 bits per heavy atom. The van der Waals surface area contributed by atoms with Gasteiger partial charge in [0.05, 0.1) is 6.61 Å². The summed E-state index contributed by atoms with van der Waals surface area (Å²) in [6, 6.07) is 5.50. The van der Waals surface area contributed by atoms with Gasteiger partial charge < -0.3 is 10.1 Å². The van der Waals surface area contributed by atoms with Crippen LogP contribution >= 0.6 is 11.8 Å². The smallest absolute Gasteiger partial charge is 0.165 e. The van der Waals surface area contributed by atoms with Gasteiger partial charge in [0.15, 0.2) is 11.6 Å². The van der Waals surface area contributed by atoms with Crippen LogP contribution in [0.25, 0.3) is 0 Å². The largest absolute Gasteiger partial charge is 0.491 e. The van der Waals surface area contributed by atoms with Crippen LogP contribution in [0.3, 0.4) is 0 Å². The summed E-state index contributed by atoms with van der Waals surface area (Å²) >= 11 is 1.90. The number of ether oxygens (including phenoxy) is 1. The predicted molar refractivity (Wildman–Crippen MR) is 65.6 cm³/mol. The van der Waals surface area contributed by atoms with Gasteiger partial charge in [-0.25, -0.2) is 4.39 Å². The fourth-order valence-electron chi connectivity index (χ4n) is 1.79. The second-order valence-corrected chi connectivity index (χ2v) is 4.85. The number of benzene rings is 1. The average Bonchev–Trinajstić information content (AvgIpc) is 2.33. The number of halogens is 1. The van der Waals surface area contributed by atoms with Crippen LogP contribution in [-0.2, 0) is 0 Å². The first-order chi connectivity index (χ1) is 7.81. The lowest BCUT2D eigenvalue weighted by molar-refractivity contribution is 0.321. The second-order valence-electron chi connectivity index (χ2n) is 3.70. The third kappa shape index (κ3) is 2.68. The Balaban J connectivity index is 2.13. The van der Waals surface area contributed by atoms with Crippen LogP contribution in [0.4, 0.5) is 4.39 Å². The molecule has 1 fully saturated rings. The summed E-state index contributed by atoms with van der Waals surface area (Å²) in [6.45, 7) is 3.34. The topological polar surface area (TPSA) is 21.3 Å². The molecule has 1 unspecified atom stereocenters. The van der Waals surface area contributed by atoms with Gasteiger partial charge in [0, 0.05) is 24.1 Å². The van der Waals surface area contributed by atoms with E-state index >= 15 is 0 Å². The first kappa shape index (κ1) is 11.7. The molecule has 0 amide bonds. The maximum absolute atomic E-state index is 13.6. The van der Waals surface area contributed by atoms with Crippen LogP contribution in [0.5, 0.6) is 5.75 Å². The van der Waals surface area contributed by atoms with Crippen LogP contribution in [0.2, 0.25) is 0 Å². The molecular formula is C12H16FNOS. The third-order valence-corrected chi connectivity index (χ3v) is 3.64. The molecule has 0 saturated carbocycles. The van der Waals surface area contributed by atoms with Crippen molar-refractivity contribution in [2.75, 3.05) is 24.7 Å². The fourth-order valence-corrected chi connectivity index (χ4v) is 2.76. The Morgan fingerprint density at radius 2 is 2.44 bits per heavy atom.